The normalized spacial score (nSPS) is 10.5. The average molecular weight is 382 g/mol. The van der Waals surface area contributed by atoms with Gasteiger partial charge in [0.25, 0.3) is 0 Å². The minimum atomic E-state index is -0.0715. The van der Waals surface area contributed by atoms with E-state index in [4.69, 9.17) is 4.74 Å². The van der Waals surface area contributed by atoms with Gasteiger partial charge in [-0.05, 0) is 36.4 Å². The Balaban J connectivity index is 1.62. The first-order valence-electron chi connectivity index (χ1n) is 8.44. The summed E-state index contributed by atoms with van der Waals surface area (Å²) >= 11 is 1.39. The van der Waals surface area contributed by atoms with Gasteiger partial charge in [0.15, 0.2) is 5.16 Å². The first-order chi connectivity index (χ1) is 13.1. The maximum atomic E-state index is 12.3. The molecule has 3 rings (SSSR count). The largest absolute Gasteiger partial charge is 0.497 e. The molecular weight excluding hydrogens is 360 g/mol. The van der Waals surface area contributed by atoms with Crippen LogP contribution in [0.3, 0.4) is 0 Å². The fourth-order valence-corrected chi connectivity index (χ4v) is 3.30. The van der Waals surface area contributed by atoms with Crippen molar-refractivity contribution in [2.24, 2.45) is 0 Å². The number of anilines is 2. The van der Waals surface area contributed by atoms with Crippen LogP contribution in [0.2, 0.25) is 0 Å². The van der Waals surface area contributed by atoms with Crippen molar-refractivity contribution in [2.75, 3.05) is 37.2 Å². The van der Waals surface area contributed by atoms with E-state index in [-0.39, 0.29) is 11.7 Å². The molecule has 1 heterocycles. The van der Waals surface area contributed by atoms with Crippen LogP contribution in [-0.4, -0.2) is 42.4 Å². The fraction of sp³-hybridized carbons (Fsp3) is 0.200. The van der Waals surface area contributed by atoms with Crippen LogP contribution in [0.25, 0.3) is 5.69 Å². The molecule has 140 valence electrons. The van der Waals surface area contributed by atoms with E-state index in [1.165, 1.54) is 11.8 Å². The molecule has 2 aromatic carbocycles. The Labute approximate surface area is 163 Å². The lowest BCUT2D eigenvalue weighted by molar-refractivity contribution is -0.113. The summed E-state index contributed by atoms with van der Waals surface area (Å²) in [4.78, 5) is 18.6. The lowest BCUT2D eigenvalue weighted by atomic mass is 10.2. The van der Waals surface area contributed by atoms with Crippen LogP contribution in [-0.2, 0) is 4.79 Å². The molecule has 0 aliphatic rings. The molecule has 1 N–H and O–H groups in total. The number of rotatable bonds is 7. The Morgan fingerprint density at radius 2 is 2.00 bits per heavy atom. The number of imidazole rings is 1. The number of nitrogens with zero attached hydrogens (tertiary/aromatic N) is 3. The van der Waals surface area contributed by atoms with Crippen molar-refractivity contribution in [3.05, 3.63) is 60.9 Å². The number of carbonyl (C=O) groups is 1. The zero-order valence-electron chi connectivity index (χ0n) is 15.5. The molecule has 0 aliphatic heterocycles. The SMILES string of the molecule is COc1cccc(-n2ccnc2SCC(=O)Nc2ccc(N(C)C)cc2)c1. The third kappa shape index (κ3) is 4.83. The Bertz CT molecular complexity index is 906. The van der Waals surface area contributed by atoms with E-state index in [1.807, 2.05) is 78.3 Å². The molecule has 0 fully saturated rings. The number of amides is 1. The van der Waals surface area contributed by atoms with Crippen molar-refractivity contribution in [3.63, 3.8) is 0 Å². The van der Waals surface area contributed by atoms with Gasteiger partial charge in [-0.1, -0.05) is 17.8 Å². The monoisotopic (exact) mass is 382 g/mol. The molecule has 0 radical (unpaired) electrons. The number of hydrogen-bond donors (Lipinski definition) is 1. The van der Waals surface area contributed by atoms with Crippen LogP contribution in [0.1, 0.15) is 0 Å². The molecule has 0 saturated heterocycles. The topological polar surface area (TPSA) is 59.4 Å². The van der Waals surface area contributed by atoms with E-state index < -0.39 is 0 Å². The summed E-state index contributed by atoms with van der Waals surface area (Å²) < 4.78 is 7.21. The lowest BCUT2D eigenvalue weighted by Crippen LogP contribution is -2.15. The summed E-state index contributed by atoms with van der Waals surface area (Å²) in [5, 5.41) is 3.66. The van der Waals surface area contributed by atoms with Gasteiger partial charge in [-0.3, -0.25) is 9.36 Å². The highest BCUT2D eigenvalue weighted by Gasteiger charge is 2.10. The van der Waals surface area contributed by atoms with Crippen LogP contribution < -0.4 is 15.0 Å². The fourth-order valence-electron chi connectivity index (χ4n) is 2.52. The number of aromatic nitrogens is 2. The van der Waals surface area contributed by atoms with Crippen molar-refractivity contribution in [3.8, 4) is 11.4 Å². The Morgan fingerprint density at radius 3 is 2.70 bits per heavy atom. The molecule has 3 aromatic rings. The zero-order valence-corrected chi connectivity index (χ0v) is 16.4. The number of thioether (sulfide) groups is 1. The Morgan fingerprint density at radius 1 is 1.22 bits per heavy atom. The summed E-state index contributed by atoms with van der Waals surface area (Å²) in [6.07, 6.45) is 3.59. The van der Waals surface area contributed by atoms with Gasteiger partial charge in [0.2, 0.25) is 5.91 Å². The van der Waals surface area contributed by atoms with Crippen LogP contribution in [0.15, 0.2) is 66.1 Å². The minimum Gasteiger partial charge on any atom is -0.497 e. The van der Waals surface area contributed by atoms with Gasteiger partial charge in [-0.25, -0.2) is 4.98 Å². The predicted molar refractivity (Wildman–Crippen MR) is 110 cm³/mol. The van der Waals surface area contributed by atoms with Crippen molar-refractivity contribution in [2.45, 2.75) is 5.16 Å². The van der Waals surface area contributed by atoms with Gasteiger partial charge in [0.05, 0.1) is 18.6 Å². The van der Waals surface area contributed by atoms with E-state index in [1.54, 1.807) is 13.3 Å². The number of nitrogens with one attached hydrogen (secondary N) is 1. The number of ether oxygens (including phenoxy) is 1. The lowest BCUT2D eigenvalue weighted by Gasteiger charge is -2.13. The molecule has 0 aliphatic carbocycles. The zero-order chi connectivity index (χ0) is 19.2. The molecule has 27 heavy (non-hydrogen) atoms. The highest BCUT2D eigenvalue weighted by molar-refractivity contribution is 7.99. The smallest absolute Gasteiger partial charge is 0.234 e. The number of hydrogen-bond acceptors (Lipinski definition) is 5. The summed E-state index contributed by atoms with van der Waals surface area (Å²) in [5.41, 5.74) is 2.80. The van der Waals surface area contributed by atoms with Gasteiger partial charge in [-0.2, -0.15) is 0 Å². The van der Waals surface area contributed by atoms with Gasteiger partial charge >= 0.3 is 0 Å². The third-order valence-corrected chi connectivity index (χ3v) is 4.90. The van der Waals surface area contributed by atoms with Gasteiger partial charge < -0.3 is 15.0 Å². The molecule has 0 saturated carbocycles. The molecule has 0 spiro atoms. The van der Waals surface area contributed by atoms with Crippen molar-refractivity contribution in [1.82, 2.24) is 9.55 Å². The maximum Gasteiger partial charge on any atom is 0.234 e. The summed E-state index contributed by atoms with van der Waals surface area (Å²) in [6.45, 7) is 0. The van der Waals surface area contributed by atoms with Gasteiger partial charge in [-0.15, -0.1) is 0 Å². The Hall–Kier alpha value is -2.93. The molecule has 1 aromatic heterocycles. The van der Waals surface area contributed by atoms with Crippen molar-refractivity contribution >= 4 is 29.0 Å². The first kappa shape index (κ1) is 18.8. The summed E-state index contributed by atoms with van der Waals surface area (Å²) in [7, 11) is 5.60. The highest BCUT2D eigenvalue weighted by atomic mass is 32.2. The van der Waals surface area contributed by atoms with Gasteiger partial charge in [0, 0.05) is 43.9 Å². The Kier molecular flexibility index (Phi) is 6.03. The van der Waals surface area contributed by atoms with Crippen molar-refractivity contribution < 1.29 is 9.53 Å². The van der Waals surface area contributed by atoms with E-state index >= 15 is 0 Å². The van der Waals surface area contributed by atoms with Crippen molar-refractivity contribution in [1.29, 1.82) is 0 Å². The predicted octanol–water partition coefficient (Wildman–Crippen LogP) is 3.68. The molecule has 0 bridgehead atoms. The van der Waals surface area contributed by atoms with Gasteiger partial charge in [0.1, 0.15) is 5.75 Å². The second-order valence-electron chi connectivity index (χ2n) is 6.06. The summed E-state index contributed by atoms with van der Waals surface area (Å²) in [6, 6.07) is 15.5. The van der Waals surface area contributed by atoms with E-state index in [0.29, 0.717) is 0 Å². The maximum absolute atomic E-state index is 12.3. The molecule has 0 unspecified atom stereocenters. The molecule has 7 heteroatoms. The second kappa shape index (κ2) is 8.64. The molecule has 1 amide bonds. The number of carbonyl (C=O) groups excluding carboxylic acids is 1. The highest BCUT2D eigenvalue weighted by Crippen LogP contribution is 2.23. The first-order valence-corrected chi connectivity index (χ1v) is 9.43. The summed E-state index contributed by atoms with van der Waals surface area (Å²) in [5.74, 6) is 0.977. The molecular formula is C20H22N4O2S. The van der Waals surface area contributed by atoms with E-state index in [2.05, 4.69) is 10.3 Å². The van der Waals surface area contributed by atoms with Crippen LogP contribution in [0, 0.1) is 0 Å². The standard InChI is InChI=1S/C20H22N4O2S/c1-23(2)16-9-7-15(8-10-16)22-19(25)14-27-20-21-11-12-24(20)17-5-4-6-18(13-17)26-3/h4-13H,14H2,1-3H3,(H,22,25). The quantitative estimate of drug-likeness (QED) is 0.632. The molecule has 6 nitrogen and oxygen atoms in total. The van der Waals surface area contributed by atoms with E-state index in [9.17, 15) is 4.79 Å². The molecule has 0 atom stereocenters. The third-order valence-electron chi connectivity index (χ3n) is 3.94. The minimum absolute atomic E-state index is 0.0715. The number of methoxy groups -OCH3 is 1. The number of benzene rings is 2. The van der Waals surface area contributed by atoms with E-state index in [0.717, 1.165) is 28.0 Å². The second-order valence-corrected chi connectivity index (χ2v) is 7.00. The average Bonchev–Trinajstić information content (AvgIpc) is 3.15. The van der Waals surface area contributed by atoms with Crippen LogP contribution in [0.4, 0.5) is 11.4 Å². The van der Waals surface area contributed by atoms with Crippen LogP contribution in [0.5, 0.6) is 5.75 Å². The van der Waals surface area contributed by atoms with Crippen LogP contribution >= 0.6 is 11.8 Å².